The van der Waals surface area contributed by atoms with Gasteiger partial charge in [-0.25, -0.2) is 4.79 Å². The number of benzene rings is 2. The molecule has 0 unspecified atom stereocenters. The molecule has 0 aliphatic carbocycles. The van der Waals surface area contributed by atoms with E-state index in [9.17, 15) is 14.4 Å². The maximum absolute atomic E-state index is 11.6. The minimum Gasteiger partial charge on any atom is -0.508 e. The highest BCUT2D eigenvalue weighted by molar-refractivity contribution is 5.82. The van der Waals surface area contributed by atoms with Crippen LogP contribution in [0.1, 0.15) is 44.7 Å². The summed E-state index contributed by atoms with van der Waals surface area (Å²) in [5.74, 6) is 0.227. The molecule has 0 aromatic heterocycles. The van der Waals surface area contributed by atoms with Gasteiger partial charge in [0.15, 0.2) is 0 Å². The molecule has 2 aromatic rings. The summed E-state index contributed by atoms with van der Waals surface area (Å²) in [6, 6.07) is 17.2. The Balaban J connectivity index is 0.000000282. The quantitative estimate of drug-likeness (QED) is 0.426. The van der Waals surface area contributed by atoms with E-state index in [-0.39, 0.29) is 18.2 Å². The molecule has 35 heavy (non-hydrogen) atoms. The van der Waals surface area contributed by atoms with Crippen molar-refractivity contribution in [3.8, 4) is 5.75 Å². The first-order valence-corrected chi connectivity index (χ1v) is 11.8. The van der Waals surface area contributed by atoms with Crippen molar-refractivity contribution >= 4 is 18.4 Å². The topological polar surface area (TPSA) is 108 Å². The molecule has 1 aliphatic rings. The van der Waals surface area contributed by atoms with Gasteiger partial charge < -0.3 is 25.4 Å². The van der Waals surface area contributed by atoms with E-state index in [4.69, 9.17) is 9.84 Å². The number of amides is 3. The van der Waals surface area contributed by atoms with Crippen LogP contribution in [0.4, 0.5) is 4.79 Å². The van der Waals surface area contributed by atoms with Crippen molar-refractivity contribution < 1.29 is 24.2 Å². The SMILES string of the molecule is CC(C)(C)OC(=O)NCC(=O)N1CCCC1.Cc1ccccc1.O=CNCCc1ccc(O)cc1. The van der Waals surface area contributed by atoms with E-state index in [1.165, 1.54) is 5.56 Å². The number of phenolic OH excluding ortho intramolecular Hbond substituents is 1. The molecule has 1 fully saturated rings. The van der Waals surface area contributed by atoms with E-state index in [1.807, 2.05) is 30.3 Å². The van der Waals surface area contributed by atoms with E-state index in [1.54, 1.807) is 37.8 Å². The maximum atomic E-state index is 11.6. The van der Waals surface area contributed by atoms with Crippen LogP contribution in [0, 0.1) is 6.92 Å². The van der Waals surface area contributed by atoms with Gasteiger partial charge in [0.25, 0.3) is 0 Å². The molecule has 0 spiro atoms. The fourth-order valence-electron chi connectivity index (χ4n) is 3.01. The van der Waals surface area contributed by atoms with Crippen LogP contribution in [0.5, 0.6) is 5.75 Å². The molecule has 1 saturated heterocycles. The predicted molar refractivity (Wildman–Crippen MR) is 137 cm³/mol. The number of rotatable bonds is 6. The van der Waals surface area contributed by atoms with Gasteiger partial charge >= 0.3 is 6.09 Å². The average Bonchev–Trinajstić information content (AvgIpc) is 3.35. The highest BCUT2D eigenvalue weighted by Gasteiger charge is 2.20. The summed E-state index contributed by atoms with van der Waals surface area (Å²) in [6.07, 6.45) is 3.04. The second-order valence-electron chi connectivity index (χ2n) is 9.09. The van der Waals surface area contributed by atoms with Crippen molar-refractivity contribution in [2.75, 3.05) is 26.2 Å². The first-order valence-electron chi connectivity index (χ1n) is 11.8. The molecule has 2 aromatic carbocycles. The number of carbonyl (C=O) groups excluding carboxylic acids is 3. The number of phenols is 1. The average molecular weight is 486 g/mol. The lowest BCUT2D eigenvalue weighted by Crippen LogP contribution is -2.40. The van der Waals surface area contributed by atoms with Gasteiger partial charge in [-0.05, 0) is 64.7 Å². The minimum atomic E-state index is -0.542. The minimum absolute atomic E-state index is 0.0227. The zero-order chi connectivity index (χ0) is 26.1. The normalized spacial score (nSPS) is 12.3. The summed E-state index contributed by atoms with van der Waals surface area (Å²) in [6.45, 7) is 9.70. The molecular weight excluding hydrogens is 446 g/mol. The fraction of sp³-hybridized carbons (Fsp3) is 0.444. The van der Waals surface area contributed by atoms with Crippen LogP contribution in [-0.4, -0.2) is 60.2 Å². The number of alkyl carbamates (subject to hydrolysis) is 1. The van der Waals surface area contributed by atoms with Crippen molar-refractivity contribution in [3.05, 3.63) is 65.7 Å². The third-order valence-electron chi connectivity index (χ3n) is 4.76. The number of nitrogens with one attached hydrogen (secondary N) is 2. The standard InChI is InChI=1S/C11H20N2O3.C9H11NO2.C7H8/c1-11(2,3)16-10(15)12-8-9(14)13-6-4-5-7-13;11-7-10-6-5-8-1-3-9(12)4-2-8;1-7-5-3-2-4-6-7/h4-8H2,1-3H3,(H,12,15);1-4,7,12H,5-6H2,(H,10,11);2-6H,1H3. The van der Waals surface area contributed by atoms with Gasteiger partial charge in [-0.3, -0.25) is 9.59 Å². The lowest BCUT2D eigenvalue weighted by atomic mass is 10.1. The van der Waals surface area contributed by atoms with E-state index >= 15 is 0 Å². The summed E-state index contributed by atoms with van der Waals surface area (Å²) in [7, 11) is 0. The number of hydrogen-bond donors (Lipinski definition) is 3. The molecule has 0 atom stereocenters. The Kier molecular flexibility index (Phi) is 13.6. The van der Waals surface area contributed by atoms with E-state index in [2.05, 4.69) is 29.7 Å². The van der Waals surface area contributed by atoms with Crippen molar-refractivity contribution in [2.45, 2.75) is 52.6 Å². The van der Waals surface area contributed by atoms with Gasteiger partial charge in [-0.2, -0.15) is 0 Å². The molecule has 0 saturated carbocycles. The molecule has 192 valence electrons. The lowest BCUT2D eigenvalue weighted by Gasteiger charge is -2.20. The van der Waals surface area contributed by atoms with Crippen LogP contribution < -0.4 is 10.6 Å². The molecule has 3 amide bonds. The Morgan fingerprint density at radius 3 is 2.11 bits per heavy atom. The lowest BCUT2D eigenvalue weighted by molar-refractivity contribution is -0.129. The summed E-state index contributed by atoms with van der Waals surface area (Å²) in [5, 5.41) is 14.0. The highest BCUT2D eigenvalue weighted by atomic mass is 16.6. The molecule has 0 radical (unpaired) electrons. The molecule has 3 N–H and O–H groups in total. The van der Waals surface area contributed by atoms with E-state index < -0.39 is 11.7 Å². The van der Waals surface area contributed by atoms with Crippen molar-refractivity contribution in [2.24, 2.45) is 0 Å². The van der Waals surface area contributed by atoms with Crippen molar-refractivity contribution in [1.82, 2.24) is 15.5 Å². The number of ether oxygens (including phenoxy) is 1. The zero-order valence-corrected chi connectivity index (χ0v) is 21.3. The largest absolute Gasteiger partial charge is 0.508 e. The van der Waals surface area contributed by atoms with Crippen molar-refractivity contribution in [1.29, 1.82) is 0 Å². The Hall–Kier alpha value is -3.55. The number of aromatic hydroxyl groups is 1. The molecular formula is C27H39N3O5. The number of nitrogens with zero attached hydrogens (tertiary/aromatic N) is 1. The smallest absolute Gasteiger partial charge is 0.408 e. The highest BCUT2D eigenvalue weighted by Crippen LogP contribution is 2.10. The molecule has 1 heterocycles. The number of likely N-dealkylation sites (tertiary alicyclic amines) is 1. The Bertz CT molecular complexity index is 874. The first kappa shape index (κ1) is 29.5. The van der Waals surface area contributed by atoms with Crippen LogP contribution >= 0.6 is 0 Å². The Morgan fingerprint density at radius 1 is 1.03 bits per heavy atom. The predicted octanol–water partition coefficient (Wildman–Crippen LogP) is 3.81. The third kappa shape index (κ3) is 15.1. The van der Waals surface area contributed by atoms with Gasteiger partial charge in [0.2, 0.25) is 12.3 Å². The molecule has 8 heteroatoms. The molecule has 8 nitrogen and oxygen atoms in total. The molecule has 0 bridgehead atoms. The molecule has 3 rings (SSSR count). The zero-order valence-electron chi connectivity index (χ0n) is 21.3. The van der Waals surface area contributed by atoms with Gasteiger partial charge in [0, 0.05) is 19.6 Å². The number of aryl methyl sites for hydroxylation is 1. The summed E-state index contributed by atoms with van der Waals surface area (Å²) in [4.78, 5) is 34.5. The van der Waals surface area contributed by atoms with Crippen LogP contribution in [0.15, 0.2) is 54.6 Å². The number of carbonyl (C=O) groups is 3. The first-order chi connectivity index (χ1) is 16.6. The van der Waals surface area contributed by atoms with Gasteiger partial charge in [0.1, 0.15) is 17.9 Å². The Morgan fingerprint density at radius 2 is 1.63 bits per heavy atom. The summed E-state index contributed by atoms with van der Waals surface area (Å²) in [5.41, 5.74) is 1.89. The summed E-state index contributed by atoms with van der Waals surface area (Å²) >= 11 is 0. The van der Waals surface area contributed by atoms with Crippen LogP contribution in [0.2, 0.25) is 0 Å². The van der Waals surface area contributed by atoms with E-state index in [0.29, 0.717) is 13.0 Å². The third-order valence-corrected chi connectivity index (χ3v) is 4.76. The van der Waals surface area contributed by atoms with Crippen LogP contribution in [0.25, 0.3) is 0 Å². The van der Waals surface area contributed by atoms with Crippen molar-refractivity contribution in [3.63, 3.8) is 0 Å². The fourth-order valence-corrected chi connectivity index (χ4v) is 3.01. The monoisotopic (exact) mass is 485 g/mol. The number of hydrogen-bond acceptors (Lipinski definition) is 5. The Labute approximate surface area is 208 Å². The van der Waals surface area contributed by atoms with E-state index in [0.717, 1.165) is 37.9 Å². The maximum Gasteiger partial charge on any atom is 0.408 e. The molecule has 1 aliphatic heterocycles. The van der Waals surface area contributed by atoms with Crippen LogP contribution in [-0.2, 0) is 20.7 Å². The van der Waals surface area contributed by atoms with Gasteiger partial charge in [-0.15, -0.1) is 0 Å². The van der Waals surface area contributed by atoms with Gasteiger partial charge in [0.05, 0.1) is 0 Å². The van der Waals surface area contributed by atoms with Gasteiger partial charge in [-0.1, -0.05) is 48.0 Å². The summed E-state index contributed by atoms with van der Waals surface area (Å²) < 4.78 is 5.03. The van der Waals surface area contributed by atoms with Crippen LogP contribution in [0.3, 0.4) is 0 Å². The second-order valence-corrected chi connectivity index (χ2v) is 9.09. The second kappa shape index (κ2) is 16.1.